The largest absolute Gasteiger partial charge is 0.324 e. The number of thioether (sulfide) groups is 1. The average molecular weight is 418 g/mol. The number of H-pyrrole nitrogens is 1. The van der Waals surface area contributed by atoms with Crippen LogP contribution in [0.25, 0.3) is 10.9 Å². The highest BCUT2D eigenvalue weighted by Crippen LogP contribution is 2.26. The standard InChI is InChI=1S/C18H16BrN3O2S/c1-10-7-13(19)15(8-11(10)2)20-16(23)9-25-18-21-14-6-4-3-5-12(14)17(24)22-18/h3-8H,9H2,1-2H3,(H,20,23)(H,21,22,24). The second kappa shape index (κ2) is 7.41. The molecule has 2 aromatic carbocycles. The minimum absolute atomic E-state index is 0.153. The van der Waals surface area contributed by atoms with Gasteiger partial charge in [-0.05, 0) is 65.2 Å². The van der Waals surface area contributed by atoms with Crippen LogP contribution >= 0.6 is 27.7 Å². The number of rotatable bonds is 4. The molecule has 1 heterocycles. The summed E-state index contributed by atoms with van der Waals surface area (Å²) >= 11 is 4.66. The molecule has 128 valence electrons. The molecule has 7 heteroatoms. The zero-order valence-electron chi connectivity index (χ0n) is 13.7. The highest BCUT2D eigenvalue weighted by atomic mass is 79.9. The molecule has 0 bridgehead atoms. The van der Waals surface area contributed by atoms with Crippen LogP contribution in [0.4, 0.5) is 5.69 Å². The number of nitrogens with one attached hydrogen (secondary N) is 2. The molecule has 0 aliphatic heterocycles. The van der Waals surface area contributed by atoms with E-state index in [4.69, 9.17) is 0 Å². The minimum atomic E-state index is -0.203. The molecule has 0 aliphatic rings. The normalized spacial score (nSPS) is 10.8. The number of carbonyl (C=O) groups excluding carboxylic acids is 1. The fourth-order valence-corrected chi connectivity index (χ4v) is 3.55. The van der Waals surface area contributed by atoms with Gasteiger partial charge in [-0.2, -0.15) is 0 Å². The van der Waals surface area contributed by atoms with Crippen molar-refractivity contribution < 1.29 is 4.79 Å². The Bertz CT molecular complexity index is 1020. The monoisotopic (exact) mass is 417 g/mol. The first kappa shape index (κ1) is 17.7. The van der Waals surface area contributed by atoms with Gasteiger partial charge in [0.25, 0.3) is 5.56 Å². The number of benzene rings is 2. The summed E-state index contributed by atoms with van der Waals surface area (Å²) in [7, 11) is 0. The van der Waals surface area contributed by atoms with Gasteiger partial charge in [0.15, 0.2) is 5.16 Å². The Kier molecular flexibility index (Phi) is 5.24. The van der Waals surface area contributed by atoms with Gasteiger partial charge in [-0.3, -0.25) is 9.59 Å². The fraction of sp³-hybridized carbons (Fsp3) is 0.167. The Hall–Kier alpha value is -2.12. The van der Waals surface area contributed by atoms with E-state index in [-0.39, 0.29) is 17.2 Å². The Morgan fingerprint density at radius 2 is 1.96 bits per heavy atom. The summed E-state index contributed by atoms with van der Waals surface area (Å²) < 4.78 is 0.839. The van der Waals surface area contributed by atoms with E-state index in [1.54, 1.807) is 18.2 Å². The molecule has 1 amide bonds. The molecule has 0 spiro atoms. The summed E-state index contributed by atoms with van der Waals surface area (Å²) in [6.07, 6.45) is 0. The van der Waals surface area contributed by atoms with Crippen LogP contribution in [0.15, 0.2) is 50.8 Å². The van der Waals surface area contributed by atoms with Crippen molar-refractivity contribution in [3.05, 3.63) is 62.4 Å². The molecule has 2 N–H and O–H groups in total. The zero-order valence-corrected chi connectivity index (χ0v) is 16.1. The number of aromatic amines is 1. The summed E-state index contributed by atoms with van der Waals surface area (Å²) in [6.45, 7) is 4.01. The molecular formula is C18H16BrN3O2S. The van der Waals surface area contributed by atoms with Gasteiger partial charge in [0, 0.05) is 4.47 Å². The lowest BCUT2D eigenvalue weighted by Crippen LogP contribution is -2.16. The summed E-state index contributed by atoms with van der Waals surface area (Å²) in [5.41, 5.74) is 3.40. The molecular weight excluding hydrogens is 402 g/mol. The first-order valence-corrected chi connectivity index (χ1v) is 9.40. The molecule has 1 aromatic heterocycles. The van der Waals surface area contributed by atoms with E-state index >= 15 is 0 Å². The lowest BCUT2D eigenvalue weighted by molar-refractivity contribution is -0.113. The topological polar surface area (TPSA) is 74.8 Å². The fourth-order valence-electron chi connectivity index (χ4n) is 2.33. The predicted octanol–water partition coefficient (Wildman–Crippen LogP) is 4.03. The minimum Gasteiger partial charge on any atom is -0.324 e. The van der Waals surface area contributed by atoms with Gasteiger partial charge in [-0.1, -0.05) is 23.9 Å². The number of halogens is 1. The second-order valence-electron chi connectivity index (χ2n) is 5.64. The van der Waals surface area contributed by atoms with Crippen molar-refractivity contribution in [2.45, 2.75) is 19.0 Å². The van der Waals surface area contributed by atoms with Gasteiger partial charge in [-0.15, -0.1) is 0 Å². The Morgan fingerprint density at radius 3 is 2.76 bits per heavy atom. The quantitative estimate of drug-likeness (QED) is 0.496. The molecule has 0 unspecified atom stereocenters. The number of fused-ring (bicyclic) bond motifs is 1. The number of anilines is 1. The van der Waals surface area contributed by atoms with Crippen LogP contribution in [-0.2, 0) is 4.79 Å². The maximum atomic E-state index is 12.2. The summed E-state index contributed by atoms with van der Waals surface area (Å²) in [4.78, 5) is 31.3. The molecule has 25 heavy (non-hydrogen) atoms. The second-order valence-corrected chi connectivity index (χ2v) is 7.46. The van der Waals surface area contributed by atoms with E-state index in [1.165, 1.54) is 11.8 Å². The van der Waals surface area contributed by atoms with Crippen molar-refractivity contribution in [1.82, 2.24) is 9.97 Å². The average Bonchev–Trinajstić information content (AvgIpc) is 2.58. The van der Waals surface area contributed by atoms with Crippen molar-refractivity contribution >= 4 is 50.2 Å². The zero-order chi connectivity index (χ0) is 18.0. The number of amides is 1. The van der Waals surface area contributed by atoms with Crippen LogP contribution in [0.1, 0.15) is 11.1 Å². The molecule has 0 saturated heterocycles. The molecule has 0 radical (unpaired) electrons. The first-order valence-electron chi connectivity index (χ1n) is 7.62. The predicted molar refractivity (Wildman–Crippen MR) is 105 cm³/mol. The van der Waals surface area contributed by atoms with Crippen LogP contribution in [-0.4, -0.2) is 21.6 Å². The smallest absolute Gasteiger partial charge is 0.259 e. The van der Waals surface area contributed by atoms with Crippen molar-refractivity contribution in [3.63, 3.8) is 0 Å². The summed E-state index contributed by atoms with van der Waals surface area (Å²) in [5, 5.41) is 3.84. The third kappa shape index (κ3) is 4.11. The number of carbonyl (C=O) groups is 1. The molecule has 5 nitrogen and oxygen atoms in total. The van der Waals surface area contributed by atoms with Crippen LogP contribution in [0.5, 0.6) is 0 Å². The number of aryl methyl sites for hydroxylation is 2. The van der Waals surface area contributed by atoms with Crippen molar-refractivity contribution in [1.29, 1.82) is 0 Å². The molecule has 0 fully saturated rings. The van der Waals surface area contributed by atoms with E-state index < -0.39 is 0 Å². The van der Waals surface area contributed by atoms with E-state index in [0.717, 1.165) is 21.3 Å². The molecule has 0 saturated carbocycles. The van der Waals surface area contributed by atoms with Gasteiger partial charge in [0.2, 0.25) is 5.91 Å². The van der Waals surface area contributed by atoms with Gasteiger partial charge in [0.1, 0.15) is 0 Å². The number of nitrogens with zero attached hydrogens (tertiary/aromatic N) is 1. The van der Waals surface area contributed by atoms with E-state index in [1.807, 2.05) is 32.0 Å². The summed E-state index contributed by atoms with van der Waals surface area (Å²) in [6, 6.07) is 11.0. The van der Waals surface area contributed by atoms with Crippen molar-refractivity contribution in [3.8, 4) is 0 Å². The number of para-hydroxylation sites is 1. The number of aromatic nitrogens is 2. The SMILES string of the molecule is Cc1cc(Br)c(NC(=O)CSc2nc3ccccc3c(=O)[nH]2)cc1C. The van der Waals surface area contributed by atoms with Gasteiger partial charge in [0.05, 0.1) is 22.3 Å². The summed E-state index contributed by atoms with van der Waals surface area (Å²) in [5.74, 6) is -0.00884. The first-order chi connectivity index (χ1) is 11.9. The molecule has 0 aliphatic carbocycles. The lowest BCUT2D eigenvalue weighted by Gasteiger charge is -2.10. The van der Waals surface area contributed by atoms with Gasteiger partial charge in [-0.25, -0.2) is 4.98 Å². The number of hydrogen-bond acceptors (Lipinski definition) is 4. The maximum absolute atomic E-state index is 12.2. The van der Waals surface area contributed by atoms with Gasteiger partial charge < -0.3 is 10.3 Å². The lowest BCUT2D eigenvalue weighted by atomic mass is 10.1. The van der Waals surface area contributed by atoms with E-state index in [2.05, 4.69) is 31.2 Å². The van der Waals surface area contributed by atoms with Crippen LogP contribution < -0.4 is 10.9 Å². The Labute approximate surface area is 157 Å². The highest BCUT2D eigenvalue weighted by Gasteiger charge is 2.10. The highest BCUT2D eigenvalue weighted by molar-refractivity contribution is 9.10. The van der Waals surface area contributed by atoms with Crippen LogP contribution in [0.2, 0.25) is 0 Å². The molecule has 0 atom stereocenters. The number of hydrogen-bond donors (Lipinski definition) is 2. The van der Waals surface area contributed by atoms with Crippen LogP contribution in [0.3, 0.4) is 0 Å². The third-order valence-corrected chi connectivity index (χ3v) is 5.32. The Morgan fingerprint density at radius 1 is 1.24 bits per heavy atom. The van der Waals surface area contributed by atoms with E-state index in [0.29, 0.717) is 16.1 Å². The van der Waals surface area contributed by atoms with Crippen LogP contribution in [0, 0.1) is 13.8 Å². The van der Waals surface area contributed by atoms with E-state index in [9.17, 15) is 9.59 Å². The molecule has 3 aromatic rings. The third-order valence-electron chi connectivity index (χ3n) is 3.79. The van der Waals surface area contributed by atoms with Crippen molar-refractivity contribution in [2.24, 2.45) is 0 Å². The van der Waals surface area contributed by atoms with Crippen molar-refractivity contribution in [2.75, 3.05) is 11.1 Å². The Balaban J connectivity index is 1.71. The van der Waals surface area contributed by atoms with Gasteiger partial charge >= 0.3 is 0 Å². The maximum Gasteiger partial charge on any atom is 0.259 e. The molecule has 3 rings (SSSR count).